The van der Waals surface area contributed by atoms with Crippen LogP contribution in [0.1, 0.15) is 36.3 Å². The molecule has 27 heavy (non-hydrogen) atoms. The van der Waals surface area contributed by atoms with E-state index in [1.54, 1.807) is 7.11 Å². The fourth-order valence-electron chi connectivity index (χ4n) is 3.88. The summed E-state index contributed by atoms with van der Waals surface area (Å²) in [6.45, 7) is 3.24. The Hall–Kier alpha value is -2.17. The number of carbonyl (C=O) groups is 1. The smallest absolute Gasteiger partial charge is 0.222 e. The van der Waals surface area contributed by atoms with E-state index in [-0.39, 0.29) is 11.8 Å². The number of ether oxygens (including phenoxy) is 1. The fraction of sp³-hybridized carbons (Fsp3) is 0.435. The van der Waals surface area contributed by atoms with Crippen molar-refractivity contribution >= 4 is 5.91 Å². The lowest BCUT2D eigenvalue weighted by atomic mass is 9.90. The van der Waals surface area contributed by atoms with Gasteiger partial charge in [-0.2, -0.15) is 0 Å². The van der Waals surface area contributed by atoms with Crippen molar-refractivity contribution in [3.63, 3.8) is 0 Å². The van der Waals surface area contributed by atoms with E-state index in [9.17, 15) is 4.79 Å². The Morgan fingerprint density at radius 3 is 2.26 bits per heavy atom. The number of amides is 1. The molecule has 4 heteroatoms. The maximum Gasteiger partial charge on any atom is 0.222 e. The summed E-state index contributed by atoms with van der Waals surface area (Å²) in [6, 6.07) is 21.4. The number of rotatable bonds is 10. The Morgan fingerprint density at radius 1 is 1.04 bits per heavy atom. The standard InChI is InChI=1S/C23H30N2O2/c1-27-17-16-24-15-14-21-12-13-23(26)25(21)18-22(19-8-4-2-5-9-19)20-10-6-3-7-11-20/h2-11,21-22,24H,12-18H2,1H3/t21-/m1/s1. The molecule has 1 heterocycles. The summed E-state index contributed by atoms with van der Waals surface area (Å²) in [4.78, 5) is 14.7. The summed E-state index contributed by atoms with van der Waals surface area (Å²) in [5.41, 5.74) is 2.53. The van der Waals surface area contributed by atoms with Crippen LogP contribution in [-0.4, -0.2) is 50.2 Å². The SMILES string of the molecule is COCCNCC[C@H]1CCC(=O)N1CC(c1ccccc1)c1ccccc1. The Bertz CT molecular complexity index is 651. The molecule has 3 rings (SSSR count). The Morgan fingerprint density at radius 2 is 1.67 bits per heavy atom. The average Bonchev–Trinajstić information content (AvgIpc) is 3.06. The number of methoxy groups -OCH3 is 1. The molecular weight excluding hydrogens is 336 g/mol. The lowest BCUT2D eigenvalue weighted by Crippen LogP contribution is -2.38. The van der Waals surface area contributed by atoms with E-state index in [1.807, 2.05) is 12.1 Å². The number of nitrogens with zero attached hydrogens (tertiary/aromatic N) is 1. The molecule has 0 unspecified atom stereocenters. The average molecular weight is 367 g/mol. The second-order valence-electron chi connectivity index (χ2n) is 7.14. The van der Waals surface area contributed by atoms with Crippen LogP contribution in [0.15, 0.2) is 60.7 Å². The van der Waals surface area contributed by atoms with Gasteiger partial charge >= 0.3 is 0 Å². The van der Waals surface area contributed by atoms with Gasteiger partial charge in [0.2, 0.25) is 5.91 Å². The quantitative estimate of drug-likeness (QED) is 0.655. The minimum absolute atomic E-state index is 0.207. The molecule has 0 aromatic heterocycles. The Labute approximate surface area is 162 Å². The molecule has 0 radical (unpaired) electrons. The summed E-state index contributed by atoms with van der Waals surface area (Å²) in [5.74, 6) is 0.493. The van der Waals surface area contributed by atoms with Gasteiger partial charge in [0, 0.05) is 38.6 Å². The van der Waals surface area contributed by atoms with Gasteiger partial charge in [0.25, 0.3) is 0 Å². The Balaban J connectivity index is 1.70. The van der Waals surface area contributed by atoms with E-state index < -0.39 is 0 Å². The normalized spacial score (nSPS) is 17.0. The van der Waals surface area contributed by atoms with Crippen molar-refractivity contribution in [3.8, 4) is 0 Å². The highest BCUT2D eigenvalue weighted by Gasteiger charge is 2.32. The topological polar surface area (TPSA) is 41.6 Å². The maximum absolute atomic E-state index is 12.6. The molecule has 0 spiro atoms. The van der Waals surface area contributed by atoms with E-state index in [0.717, 1.165) is 39.1 Å². The molecule has 144 valence electrons. The van der Waals surface area contributed by atoms with Crippen molar-refractivity contribution in [1.82, 2.24) is 10.2 Å². The van der Waals surface area contributed by atoms with Crippen LogP contribution in [0.4, 0.5) is 0 Å². The molecule has 2 aromatic rings. The first-order chi connectivity index (χ1) is 13.3. The van der Waals surface area contributed by atoms with Crippen molar-refractivity contribution in [2.45, 2.75) is 31.2 Å². The zero-order valence-electron chi connectivity index (χ0n) is 16.1. The van der Waals surface area contributed by atoms with Crippen LogP contribution in [0.3, 0.4) is 0 Å². The van der Waals surface area contributed by atoms with E-state index in [4.69, 9.17) is 4.74 Å². The third kappa shape index (κ3) is 5.41. The fourth-order valence-corrected chi connectivity index (χ4v) is 3.88. The molecule has 1 amide bonds. The van der Waals surface area contributed by atoms with E-state index >= 15 is 0 Å². The van der Waals surface area contributed by atoms with Crippen LogP contribution in [0.5, 0.6) is 0 Å². The lowest BCUT2D eigenvalue weighted by Gasteiger charge is -2.30. The Kier molecular flexibility index (Phi) is 7.43. The minimum atomic E-state index is 0.207. The van der Waals surface area contributed by atoms with E-state index in [0.29, 0.717) is 12.5 Å². The second kappa shape index (κ2) is 10.2. The van der Waals surface area contributed by atoms with Crippen LogP contribution >= 0.6 is 0 Å². The molecule has 2 aromatic carbocycles. The maximum atomic E-state index is 12.6. The van der Waals surface area contributed by atoms with Gasteiger partial charge in [-0.25, -0.2) is 0 Å². The molecule has 1 saturated heterocycles. The molecule has 0 aliphatic carbocycles. The van der Waals surface area contributed by atoms with Crippen molar-refractivity contribution in [2.75, 3.05) is 33.4 Å². The predicted octanol–water partition coefficient (Wildman–Crippen LogP) is 3.44. The van der Waals surface area contributed by atoms with Crippen LogP contribution in [0.25, 0.3) is 0 Å². The van der Waals surface area contributed by atoms with Gasteiger partial charge in [0.1, 0.15) is 0 Å². The van der Waals surface area contributed by atoms with E-state index in [2.05, 4.69) is 58.7 Å². The first-order valence-corrected chi connectivity index (χ1v) is 9.88. The van der Waals surface area contributed by atoms with Crippen molar-refractivity contribution in [1.29, 1.82) is 0 Å². The number of carbonyl (C=O) groups excluding carboxylic acids is 1. The summed E-state index contributed by atoms with van der Waals surface area (Å²) in [7, 11) is 1.71. The van der Waals surface area contributed by atoms with Crippen LogP contribution < -0.4 is 5.32 Å². The molecule has 1 N–H and O–H groups in total. The highest BCUT2D eigenvalue weighted by Crippen LogP contribution is 2.30. The number of hydrogen-bond acceptors (Lipinski definition) is 3. The van der Waals surface area contributed by atoms with Gasteiger partial charge in [0.15, 0.2) is 0 Å². The van der Waals surface area contributed by atoms with Gasteiger partial charge in [-0.15, -0.1) is 0 Å². The van der Waals surface area contributed by atoms with E-state index in [1.165, 1.54) is 11.1 Å². The number of nitrogens with one attached hydrogen (secondary N) is 1. The minimum Gasteiger partial charge on any atom is -0.383 e. The summed E-state index contributed by atoms with van der Waals surface area (Å²) in [5, 5.41) is 3.40. The first kappa shape index (κ1) is 19.6. The van der Waals surface area contributed by atoms with Crippen LogP contribution in [-0.2, 0) is 9.53 Å². The van der Waals surface area contributed by atoms with Gasteiger partial charge in [-0.05, 0) is 30.5 Å². The molecule has 1 atom stereocenters. The summed E-state index contributed by atoms with van der Waals surface area (Å²) < 4.78 is 5.08. The van der Waals surface area contributed by atoms with Crippen LogP contribution in [0.2, 0.25) is 0 Å². The number of benzene rings is 2. The largest absolute Gasteiger partial charge is 0.383 e. The van der Waals surface area contributed by atoms with Gasteiger partial charge in [0.05, 0.1) is 6.61 Å². The van der Waals surface area contributed by atoms with Gasteiger partial charge in [-0.3, -0.25) is 4.79 Å². The zero-order valence-corrected chi connectivity index (χ0v) is 16.1. The van der Waals surface area contributed by atoms with Crippen molar-refractivity contribution in [2.24, 2.45) is 0 Å². The zero-order chi connectivity index (χ0) is 18.9. The molecule has 1 fully saturated rings. The molecule has 4 nitrogen and oxygen atoms in total. The monoisotopic (exact) mass is 366 g/mol. The predicted molar refractivity (Wildman–Crippen MR) is 109 cm³/mol. The lowest BCUT2D eigenvalue weighted by molar-refractivity contribution is -0.129. The van der Waals surface area contributed by atoms with Crippen molar-refractivity contribution < 1.29 is 9.53 Å². The number of hydrogen-bond donors (Lipinski definition) is 1. The second-order valence-corrected chi connectivity index (χ2v) is 7.14. The van der Waals surface area contributed by atoms with Crippen molar-refractivity contribution in [3.05, 3.63) is 71.8 Å². The number of likely N-dealkylation sites (tertiary alicyclic amines) is 1. The summed E-state index contributed by atoms with van der Waals surface area (Å²) in [6.07, 6.45) is 2.62. The molecule has 0 bridgehead atoms. The van der Waals surface area contributed by atoms with Gasteiger partial charge in [-0.1, -0.05) is 60.7 Å². The molecule has 1 aliphatic heterocycles. The van der Waals surface area contributed by atoms with Gasteiger partial charge < -0.3 is 15.0 Å². The first-order valence-electron chi connectivity index (χ1n) is 9.88. The third-order valence-electron chi connectivity index (χ3n) is 5.37. The highest BCUT2D eigenvalue weighted by molar-refractivity contribution is 5.79. The highest BCUT2D eigenvalue weighted by atomic mass is 16.5. The third-order valence-corrected chi connectivity index (χ3v) is 5.37. The summed E-state index contributed by atoms with van der Waals surface area (Å²) >= 11 is 0. The molecule has 1 aliphatic rings. The molecular formula is C23H30N2O2. The molecule has 0 saturated carbocycles. The van der Waals surface area contributed by atoms with Crippen LogP contribution in [0, 0.1) is 0 Å².